The van der Waals surface area contributed by atoms with Gasteiger partial charge in [0.25, 0.3) is 0 Å². The van der Waals surface area contributed by atoms with Crippen LogP contribution >= 0.6 is 0 Å². The van der Waals surface area contributed by atoms with E-state index in [9.17, 15) is 13.2 Å². The lowest BCUT2D eigenvalue weighted by Gasteiger charge is -2.15. The first-order valence-electron chi connectivity index (χ1n) is 5.75. The van der Waals surface area contributed by atoms with Gasteiger partial charge in [-0.05, 0) is 23.3 Å². The first-order chi connectivity index (χ1) is 9.34. The summed E-state index contributed by atoms with van der Waals surface area (Å²) in [5, 5.41) is 18.0. The highest BCUT2D eigenvalue weighted by atomic mass is 19.4. The first kappa shape index (κ1) is 14.2. The van der Waals surface area contributed by atoms with Crippen molar-refractivity contribution in [2.24, 2.45) is 7.05 Å². The zero-order valence-electron chi connectivity index (χ0n) is 10.5. The smallest absolute Gasteiger partial charge is 0.379 e. The van der Waals surface area contributed by atoms with Crippen molar-refractivity contribution in [1.29, 1.82) is 5.26 Å². The van der Waals surface area contributed by atoms with Gasteiger partial charge in [0, 0.05) is 12.7 Å². The van der Waals surface area contributed by atoms with Gasteiger partial charge in [-0.15, -0.1) is 0 Å². The van der Waals surface area contributed by atoms with Crippen molar-refractivity contribution < 1.29 is 18.3 Å². The van der Waals surface area contributed by atoms with Crippen LogP contribution in [0.3, 0.4) is 0 Å². The minimum atomic E-state index is -4.68. The minimum absolute atomic E-state index is 0.212. The number of benzene rings is 1. The third-order valence-corrected chi connectivity index (χ3v) is 3.07. The second-order valence-corrected chi connectivity index (χ2v) is 4.34. The van der Waals surface area contributed by atoms with Gasteiger partial charge in [-0.1, -0.05) is 24.3 Å². The monoisotopic (exact) mass is 280 g/mol. The molecule has 3 nitrogen and oxygen atoms in total. The Balaban J connectivity index is 2.33. The normalized spacial score (nSPS) is 13.0. The number of hydrogen-bond donors (Lipinski definition) is 1. The molecule has 0 unspecified atom stereocenters. The number of aliphatic hydroxyl groups is 1. The molecule has 1 N–H and O–H groups in total. The quantitative estimate of drug-likeness (QED) is 0.918. The van der Waals surface area contributed by atoms with Crippen molar-refractivity contribution >= 4 is 0 Å². The van der Waals surface area contributed by atoms with E-state index in [0.29, 0.717) is 11.3 Å². The summed E-state index contributed by atoms with van der Waals surface area (Å²) in [4.78, 5) is 0. The molecule has 2 aromatic rings. The van der Waals surface area contributed by atoms with E-state index < -0.39 is 12.3 Å². The molecule has 0 aliphatic rings. The summed E-state index contributed by atoms with van der Waals surface area (Å²) in [5.41, 5.74) is 1.64. The molecule has 2 rings (SSSR count). The van der Waals surface area contributed by atoms with Crippen LogP contribution in [0.25, 0.3) is 11.3 Å². The lowest BCUT2D eigenvalue weighted by molar-refractivity contribution is -0.206. The SMILES string of the molecule is Cn1c(C#N)ccc1-c1ccc([C@@H](O)C(F)(F)F)cc1. The van der Waals surface area contributed by atoms with Gasteiger partial charge < -0.3 is 9.67 Å². The van der Waals surface area contributed by atoms with Crippen molar-refractivity contribution in [3.8, 4) is 17.3 Å². The van der Waals surface area contributed by atoms with E-state index in [0.717, 1.165) is 5.69 Å². The van der Waals surface area contributed by atoms with Gasteiger partial charge in [-0.2, -0.15) is 18.4 Å². The van der Waals surface area contributed by atoms with E-state index >= 15 is 0 Å². The van der Waals surface area contributed by atoms with E-state index in [1.807, 2.05) is 6.07 Å². The molecule has 6 heteroatoms. The highest BCUT2D eigenvalue weighted by molar-refractivity contribution is 5.62. The molecule has 0 aliphatic heterocycles. The molecule has 1 aromatic heterocycles. The predicted octanol–water partition coefficient (Wildman–Crippen LogP) is 3.16. The van der Waals surface area contributed by atoms with Crippen LogP contribution in [0.4, 0.5) is 13.2 Å². The van der Waals surface area contributed by atoms with Crippen LogP contribution in [0.5, 0.6) is 0 Å². The molecule has 0 radical (unpaired) electrons. The van der Waals surface area contributed by atoms with E-state index in [1.54, 1.807) is 23.7 Å². The third-order valence-electron chi connectivity index (χ3n) is 3.07. The number of aromatic nitrogens is 1. The number of nitrogens with zero attached hydrogens (tertiary/aromatic N) is 2. The summed E-state index contributed by atoms with van der Waals surface area (Å²) < 4.78 is 38.8. The summed E-state index contributed by atoms with van der Waals surface area (Å²) in [5.74, 6) is 0. The molecule has 0 saturated heterocycles. The molecule has 0 spiro atoms. The van der Waals surface area contributed by atoms with Gasteiger partial charge in [0.2, 0.25) is 0 Å². The number of alkyl halides is 3. The van der Waals surface area contributed by atoms with Crippen molar-refractivity contribution in [2.45, 2.75) is 12.3 Å². The molecular weight excluding hydrogens is 269 g/mol. The molecular formula is C14H11F3N2O. The summed E-state index contributed by atoms with van der Waals surface area (Å²) in [6.07, 6.45) is -7.17. The van der Waals surface area contributed by atoms with Crippen molar-refractivity contribution in [1.82, 2.24) is 4.57 Å². The van der Waals surface area contributed by atoms with Crippen LogP contribution in [-0.2, 0) is 7.05 Å². The standard InChI is InChI=1S/C14H11F3N2O/c1-19-11(8-18)6-7-12(19)9-2-4-10(5-3-9)13(20)14(15,16)17/h2-7,13,20H,1H3/t13-/m1/s1. The Kier molecular flexibility index (Phi) is 3.55. The Morgan fingerprint density at radius 2 is 1.75 bits per heavy atom. The van der Waals surface area contributed by atoms with E-state index in [-0.39, 0.29) is 5.56 Å². The van der Waals surface area contributed by atoms with Crippen LogP contribution in [-0.4, -0.2) is 15.8 Å². The summed E-state index contributed by atoms with van der Waals surface area (Å²) in [7, 11) is 1.70. The Bertz CT molecular complexity index is 651. The first-order valence-corrected chi connectivity index (χ1v) is 5.75. The fourth-order valence-electron chi connectivity index (χ4n) is 1.94. The lowest BCUT2D eigenvalue weighted by atomic mass is 10.1. The fraction of sp³-hybridized carbons (Fsp3) is 0.214. The zero-order chi connectivity index (χ0) is 14.9. The number of hydrogen-bond acceptors (Lipinski definition) is 2. The van der Waals surface area contributed by atoms with Crippen LogP contribution in [0.2, 0.25) is 0 Å². The summed E-state index contributed by atoms with van der Waals surface area (Å²) in [6, 6.07) is 10.8. The Morgan fingerprint density at radius 1 is 1.15 bits per heavy atom. The largest absolute Gasteiger partial charge is 0.418 e. The lowest BCUT2D eigenvalue weighted by Crippen LogP contribution is -2.20. The maximum Gasteiger partial charge on any atom is 0.418 e. The molecule has 0 amide bonds. The molecule has 0 bridgehead atoms. The molecule has 104 valence electrons. The van der Waals surface area contributed by atoms with Crippen LogP contribution in [0.15, 0.2) is 36.4 Å². The predicted molar refractivity (Wildman–Crippen MR) is 66.6 cm³/mol. The van der Waals surface area contributed by atoms with Crippen LogP contribution in [0, 0.1) is 11.3 Å². The number of aliphatic hydroxyl groups excluding tert-OH is 1. The van der Waals surface area contributed by atoms with Gasteiger partial charge in [-0.25, -0.2) is 0 Å². The van der Waals surface area contributed by atoms with Crippen molar-refractivity contribution in [3.05, 3.63) is 47.7 Å². The summed E-state index contributed by atoms with van der Waals surface area (Å²) >= 11 is 0. The highest BCUT2D eigenvalue weighted by Crippen LogP contribution is 2.33. The Labute approximate surface area is 113 Å². The second kappa shape index (κ2) is 5.02. The van der Waals surface area contributed by atoms with Crippen LogP contribution in [0.1, 0.15) is 17.4 Å². The molecule has 0 saturated carbocycles. The summed E-state index contributed by atoms with van der Waals surface area (Å²) in [6.45, 7) is 0. The molecule has 0 aliphatic carbocycles. The average Bonchev–Trinajstić information content (AvgIpc) is 2.78. The van der Waals surface area contributed by atoms with E-state index in [2.05, 4.69) is 0 Å². The van der Waals surface area contributed by atoms with Gasteiger partial charge in [0.1, 0.15) is 11.8 Å². The van der Waals surface area contributed by atoms with Gasteiger partial charge in [-0.3, -0.25) is 0 Å². The molecule has 1 heterocycles. The topological polar surface area (TPSA) is 49.0 Å². The fourth-order valence-corrected chi connectivity index (χ4v) is 1.94. The number of halogens is 3. The minimum Gasteiger partial charge on any atom is -0.379 e. The number of rotatable bonds is 2. The van der Waals surface area contributed by atoms with Gasteiger partial charge in [0.05, 0.1) is 0 Å². The van der Waals surface area contributed by atoms with E-state index in [4.69, 9.17) is 10.4 Å². The van der Waals surface area contributed by atoms with Crippen molar-refractivity contribution in [2.75, 3.05) is 0 Å². The second-order valence-electron chi connectivity index (χ2n) is 4.34. The molecule has 0 fully saturated rings. The Morgan fingerprint density at radius 3 is 2.20 bits per heavy atom. The molecule has 20 heavy (non-hydrogen) atoms. The maximum atomic E-state index is 12.4. The van der Waals surface area contributed by atoms with Gasteiger partial charge >= 0.3 is 6.18 Å². The average molecular weight is 280 g/mol. The van der Waals surface area contributed by atoms with Gasteiger partial charge in [0.15, 0.2) is 6.10 Å². The molecule has 1 atom stereocenters. The third kappa shape index (κ3) is 2.53. The van der Waals surface area contributed by atoms with Crippen LogP contribution < -0.4 is 0 Å². The maximum absolute atomic E-state index is 12.4. The zero-order valence-corrected chi connectivity index (χ0v) is 10.5. The Hall–Kier alpha value is -2.26. The highest BCUT2D eigenvalue weighted by Gasteiger charge is 2.39. The number of nitriles is 1. The molecule has 1 aromatic carbocycles. The van der Waals surface area contributed by atoms with Crippen molar-refractivity contribution in [3.63, 3.8) is 0 Å². The van der Waals surface area contributed by atoms with E-state index in [1.165, 1.54) is 24.3 Å².